The topological polar surface area (TPSA) is 79.5 Å². The number of hydrogen-bond acceptors (Lipinski definition) is 4. The van der Waals surface area contributed by atoms with Crippen LogP contribution in [-0.2, 0) is 5.41 Å². The Labute approximate surface area is 212 Å². The third-order valence-electron chi connectivity index (χ3n) is 5.11. The molecular formula is C28H31N3O3S. The second kappa shape index (κ2) is 11.1. The molecule has 0 spiro atoms. The average molecular weight is 490 g/mol. The van der Waals surface area contributed by atoms with Crippen LogP contribution in [0.4, 0.5) is 11.4 Å². The summed E-state index contributed by atoms with van der Waals surface area (Å²) in [7, 11) is 0. The fourth-order valence-corrected chi connectivity index (χ4v) is 3.50. The second-order valence-electron chi connectivity index (χ2n) is 9.46. The number of nitrogens with one attached hydrogen (secondary N) is 3. The molecule has 0 saturated heterocycles. The monoisotopic (exact) mass is 489 g/mol. The van der Waals surface area contributed by atoms with Crippen LogP contribution in [-0.4, -0.2) is 23.0 Å². The van der Waals surface area contributed by atoms with Gasteiger partial charge in [-0.3, -0.25) is 14.9 Å². The van der Waals surface area contributed by atoms with Gasteiger partial charge in [-0.2, -0.15) is 0 Å². The van der Waals surface area contributed by atoms with Gasteiger partial charge < -0.3 is 15.4 Å². The van der Waals surface area contributed by atoms with Crippen LogP contribution in [0.5, 0.6) is 5.75 Å². The van der Waals surface area contributed by atoms with Crippen LogP contribution in [0.15, 0.2) is 72.8 Å². The first kappa shape index (κ1) is 25.9. The lowest BCUT2D eigenvalue weighted by molar-refractivity contribution is 0.0976. The smallest absolute Gasteiger partial charge is 0.257 e. The zero-order valence-corrected chi connectivity index (χ0v) is 21.5. The van der Waals surface area contributed by atoms with Gasteiger partial charge in [0.15, 0.2) is 5.11 Å². The molecule has 35 heavy (non-hydrogen) atoms. The molecule has 0 saturated carbocycles. The Hall–Kier alpha value is -3.71. The first-order chi connectivity index (χ1) is 16.5. The van der Waals surface area contributed by atoms with Crippen molar-refractivity contribution in [3.05, 3.63) is 89.5 Å². The van der Waals surface area contributed by atoms with E-state index in [4.69, 9.17) is 17.0 Å². The molecule has 0 aromatic heterocycles. The maximum atomic E-state index is 12.7. The van der Waals surface area contributed by atoms with E-state index >= 15 is 0 Å². The molecule has 3 aromatic rings. The molecule has 3 N–H and O–H groups in total. The summed E-state index contributed by atoms with van der Waals surface area (Å²) in [5, 5.41) is 8.69. The molecule has 0 fully saturated rings. The molecule has 0 aliphatic rings. The number of anilines is 2. The summed E-state index contributed by atoms with van der Waals surface area (Å²) in [5.41, 5.74) is 3.46. The van der Waals surface area contributed by atoms with Crippen LogP contribution >= 0.6 is 12.2 Å². The number of thiocarbonyl (C=S) groups is 1. The van der Waals surface area contributed by atoms with Crippen molar-refractivity contribution in [3.63, 3.8) is 0 Å². The highest BCUT2D eigenvalue weighted by atomic mass is 32.1. The van der Waals surface area contributed by atoms with Gasteiger partial charge >= 0.3 is 0 Å². The first-order valence-electron chi connectivity index (χ1n) is 11.4. The highest BCUT2D eigenvalue weighted by molar-refractivity contribution is 7.80. The third kappa shape index (κ3) is 7.65. The Morgan fingerprint density at radius 2 is 1.34 bits per heavy atom. The van der Waals surface area contributed by atoms with Crippen molar-refractivity contribution in [3.8, 4) is 5.75 Å². The average Bonchev–Trinajstić information content (AvgIpc) is 2.78. The molecule has 0 bridgehead atoms. The van der Waals surface area contributed by atoms with Crippen LogP contribution in [0.2, 0.25) is 0 Å². The lowest BCUT2D eigenvalue weighted by Gasteiger charge is -2.19. The van der Waals surface area contributed by atoms with Crippen LogP contribution in [0.1, 0.15) is 60.9 Å². The molecule has 2 amide bonds. The minimum atomic E-state index is -0.332. The fourth-order valence-electron chi connectivity index (χ4n) is 3.29. The number of carbonyl (C=O) groups is 2. The lowest BCUT2D eigenvalue weighted by Crippen LogP contribution is -2.34. The molecule has 0 unspecified atom stereocenters. The Bertz CT molecular complexity index is 1200. The highest BCUT2D eigenvalue weighted by Crippen LogP contribution is 2.23. The van der Waals surface area contributed by atoms with E-state index in [0.29, 0.717) is 28.3 Å². The van der Waals surface area contributed by atoms with Crippen molar-refractivity contribution in [2.75, 3.05) is 10.6 Å². The predicted octanol–water partition coefficient (Wildman–Crippen LogP) is 6.15. The maximum Gasteiger partial charge on any atom is 0.257 e. The molecule has 7 heteroatoms. The summed E-state index contributed by atoms with van der Waals surface area (Å²) in [6.45, 7) is 10.3. The zero-order chi connectivity index (χ0) is 25.6. The predicted molar refractivity (Wildman–Crippen MR) is 145 cm³/mol. The fraction of sp³-hybridized carbons (Fsp3) is 0.250. The number of hydrogen-bond donors (Lipinski definition) is 3. The molecule has 6 nitrogen and oxygen atoms in total. The summed E-state index contributed by atoms with van der Waals surface area (Å²) >= 11 is 5.29. The SMILES string of the molecule is CC(C)Oc1ccc(C(=O)NC(=S)Nc2cccc(NC(=O)c3ccc(C(C)(C)C)cc3)c2)cc1. The summed E-state index contributed by atoms with van der Waals surface area (Å²) in [6, 6.07) is 21.6. The number of ether oxygens (including phenoxy) is 1. The van der Waals surface area contributed by atoms with Crippen molar-refractivity contribution in [2.24, 2.45) is 0 Å². The highest BCUT2D eigenvalue weighted by Gasteiger charge is 2.15. The lowest BCUT2D eigenvalue weighted by atomic mass is 9.87. The maximum absolute atomic E-state index is 12.7. The van der Waals surface area contributed by atoms with E-state index in [-0.39, 0.29) is 28.4 Å². The number of amides is 2. The number of benzene rings is 3. The zero-order valence-electron chi connectivity index (χ0n) is 20.6. The summed E-state index contributed by atoms with van der Waals surface area (Å²) in [4.78, 5) is 25.2. The molecule has 0 aliphatic carbocycles. The Balaban J connectivity index is 1.58. The minimum absolute atomic E-state index is 0.0223. The third-order valence-corrected chi connectivity index (χ3v) is 5.31. The van der Waals surface area contributed by atoms with E-state index in [0.717, 1.165) is 5.56 Å². The second-order valence-corrected chi connectivity index (χ2v) is 9.87. The van der Waals surface area contributed by atoms with Gasteiger partial charge in [-0.05, 0) is 91.6 Å². The van der Waals surface area contributed by atoms with Gasteiger partial charge in [-0.15, -0.1) is 0 Å². The van der Waals surface area contributed by atoms with E-state index in [9.17, 15) is 9.59 Å². The van der Waals surface area contributed by atoms with Gasteiger partial charge in [0.25, 0.3) is 11.8 Å². The first-order valence-corrected chi connectivity index (χ1v) is 11.8. The van der Waals surface area contributed by atoms with E-state index in [1.807, 2.05) is 38.1 Å². The van der Waals surface area contributed by atoms with E-state index < -0.39 is 0 Å². The summed E-state index contributed by atoms with van der Waals surface area (Å²) in [5.74, 6) is 0.159. The minimum Gasteiger partial charge on any atom is -0.491 e. The van der Waals surface area contributed by atoms with Gasteiger partial charge in [0.1, 0.15) is 5.75 Å². The van der Waals surface area contributed by atoms with Gasteiger partial charge in [-0.25, -0.2) is 0 Å². The Morgan fingerprint density at radius 3 is 1.91 bits per heavy atom. The standard InChI is InChI=1S/C28H31N3O3S/c1-18(2)34-24-15-11-20(12-16-24)26(33)31-27(35)30-23-8-6-7-22(17-23)29-25(32)19-9-13-21(14-10-19)28(3,4)5/h6-18H,1-5H3,(H,29,32)(H2,30,31,33,35). The molecule has 0 atom stereocenters. The number of carbonyl (C=O) groups excluding carboxylic acids is 2. The van der Waals surface area contributed by atoms with Crippen LogP contribution < -0.4 is 20.7 Å². The molecule has 0 aliphatic heterocycles. The van der Waals surface area contributed by atoms with Crippen LogP contribution in [0, 0.1) is 0 Å². The Kier molecular flexibility index (Phi) is 8.25. The van der Waals surface area contributed by atoms with Gasteiger partial charge in [-0.1, -0.05) is 39.0 Å². The molecule has 0 heterocycles. The Morgan fingerprint density at radius 1 is 0.800 bits per heavy atom. The van der Waals surface area contributed by atoms with Crippen LogP contribution in [0.25, 0.3) is 0 Å². The van der Waals surface area contributed by atoms with Gasteiger partial charge in [0.05, 0.1) is 6.10 Å². The molecule has 3 aromatic carbocycles. The van der Waals surface area contributed by atoms with Gasteiger partial charge in [0.2, 0.25) is 0 Å². The molecule has 182 valence electrons. The van der Waals surface area contributed by atoms with Crippen molar-refractivity contribution in [1.82, 2.24) is 5.32 Å². The normalized spacial score (nSPS) is 11.0. The van der Waals surface area contributed by atoms with Crippen molar-refractivity contribution in [1.29, 1.82) is 0 Å². The molecule has 3 rings (SSSR count). The van der Waals surface area contributed by atoms with Crippen molar-refractivity contribution in [2.45, 2.75) is 46.1 Å². The largest absolute Gasteiger partial charge is 0.491 e. The quantitative estimate of drug-likeness (QED) is 0.362. The van der Waals surface area contributed by atoms with Crippen molar-refractivity contribution < 1.29 is 14.3 Å². The van der Waals surface area contributed by atoms with E-state index in [1.54, 1.807) is 48.5 Å². The molecular weight excluding hydrogens is 458 g/mol. The van der Waals surface area contributed by atoms with Crippen molar-refractivity contribution >= 4 is 40.5 Å². The van der Waals surface area contributed by atoms with Crippen LogP contribution in [0.3, 0.4) is 0 Å². The van der Waals surface area contributed by atoms with Gasteiger partial charge in [0, 0.05) is 22.5 Å². The number of rotatable bonds is 6. The molecule has 0 radical (unpaired) electrons. The van der Waals surface area contributed by atoms with E-state index in [2.05, 4.69) is 36.7 Å². The summed E-state index contributed by atoms with van der Waals surface area (Å²) < 4.78 is 5.59. The summed E-state index contributed by atoms with van der Waals surface area (Å²) in [6.07, 6.45) is 0.0565. The van der Waals surface area contributed by atoms with E-state index in [1.165, 1.54) is 0 Å².